The number of amides is 2. The minimum absolute atomic E-state index is 0.0418. The van der Waals surface area contributed by atoms with Crippen LogP contribution in [0.2, 0.25) is 0 Å². The number of anilines is 1. The second-order valence-corrected chi connectivity index (χ2v) is 8.00. The van der Waals surface area contributed by atoms with E-state index in [-0.39, 0.29) is 6.04 Å². The summed E-state index contributed by atoms with van der Waals surface area (Å²) in [5.41, 5.74) is 2.49. The maximum Gasteiger partial charge on any atom is 0.313 e. The van der Waals surface area contributed by atoms with Crippen molar-refractivity contribution in [3.05, 3.63) is 53.6 Å². The Bertz CT molecular complexity index is 924. The Morgan fingerprint density at radius 3 is 2.28 bits per heavy atom. The Labute approximate surface area is 189 Å². The first-order valence-electron chi connectivity index (χ1n) is 10.7. The van der Waals surface area contributed by atoms with Crippen molar-refractivity contribution in [2.75, 3.05) is 59.3 Å². The van der Waals surface area contributed by atoms with Gasteiger partial charge in [0.1, 0.15) is 11.5 Å². The van der Waals surface area contributed by atoms with Crippen LogP contribution in [0.3, 0.4) is 0 Å². The molecule has 1 unspecified atom stereocenters. The van der Waals surface area contributed by atoms with E-state index in [0.29, 0.717) is 18.0 Å². The highest BCUT2D eigenvalue weighted by Gasteiger charge is 2.26. The van der Waals surface area contributed by atoms with Gasteiger partial charge in [-0.2, -0.15) is 0 Å². The lowest BCUT2D eigenvalue weighted by Crippen LogP contribution is -2.49. The molecule has 1 aliphatic heterocycles. The van der Waals surface area contributed by atoms with Crippen molar-refractivity contribution in [2.24, 2.45) is 0 Å². The Morgan fingerprint density at radius 2 is 1.66 bits per heavy atom. The predicted molar refractivity (Wildman–Crippen MR) is 124 cm³/mol. The molecule has 0 bridgehead atoms. The lowest BCUT2D eigenvalue weighted by Gasteiger charge is -2.38. The fraction of sp³-hybridized carbons (Fsp3) is 0.417. The summed E-state index contributed by atoms with van der Waals surface area (Å²) in [5.74, 6) is -0.117. The zero-order chi connectivity index (χ0) is 23.1. The van der Waals surface area contributed by atoms with E-state index in [1.807, 2.05) is 37.3 Å². The highest BCUT2D eigenvalue weighted by Crippen LogP contribution is 2.26. The molecule has 8 nitrogen and oxygen atoms in total. The first kappa shape index (κ1) is 23.6. The Hall–Kier alpha value is -3.10. The second kappa shape index (κ2) is 11.0. The van der Waals surface area contributed by atoms with Gasteiger partial charge < -0.3 is 25.0 Å². The number of aryl methyl sites for hydroxylation is 1. The first-order valence-corrected chi connectivity index (χ1v) is 10.7. The molecule has 1 aliphatic rings. The van der Waals surface area contributed by atoms with E-state index in [1.54, 1.807) is 19.2 Å². The smallest absolute Gasteiger partial charge is 0.313 e. The summed E-state index contributed by atoms with van der Waals surface area (Å²) in [6.45, 7) is 5.91. The van der Waals surface area contributed by atoms with Gasteiger partial charge in [-0.1, -0.05) is 18.2 Å². The zero-order valence-corrected chi connectivity index (χ0v) is 19.2. The summed E-state index contributed by atoms with van der Waals surface area (Å²) < 4.78 is 10.5. The largest absolute Gasteiger partial charge is 0.497 e. The van der Waals surface area contributed by atoms with Crippen LogP contribution in [0.25, 0.3) is 0 Å². The van der Waals surface area contributed by atoms with Crippen LogP contribution in [0.1, 0.15) is 17.2 Å². The first-order chi connectivity index (χ1) is 15.4. The quantitative estimate of drug-likeness (QED) is 0.642. The van der Waals surface area contributed by atoms with E-state index >= 15 is 0 Å². The Morgan fingerprint density at radius 1 is 0.969 bits per heavy atom. The van der Waals surface area contributed by atoms with Crippen molar-refractivity contribution in [3.8, 4) is 11.5 Å². The van der Waals surface area contributed by atoms with Crippen molar-refractivity contribution in [1.82, 2.24) is 15.1 Å². The van der Waals surface area contributed by atoms with Crippen LogP contribution in [0.4, 0.5) is 5.69 Å². The predicted octanol–water partition coefficient (Wildman–Crippen LogP) is 2.06. The highest BCUT2D eigenvalue weighted by atomic mass is 16.5. The SMILES string of the molecule is COc1ccc(C(CNC(=O)C(=O)Nc2cc(C)ccc2OC)N2CCN(C)CC2)cc1. The molecule has 0 radical (unpaired) electrons. The number of carbonyl (C=O) groups is 2. The fourth-order valence-corrected chi connectivity index (χ4v) is 3.79. The van der Waals surface area contributed by atoms with Crippen molar-refractivity contribution in [2.45, 2.75) is 13.0 Å². The summed E-state index contributed by atoms with van der Waals surface area (Å²) in [5, 5.41) is 5.47. The van der Waals surface area contributed by atoms with E-state index in [2.05, 4.69) is 27.5 Å². The summed E-state index contributed by atoms with van der Waals surface area (Å²) in [6.07, 6.45) is 0. The van der Waals surface area contributed by atoms with E-state index in [1.165, 1.54) is 7.11 Å². The van der Waals surface area contributed by atoms with Gasteiger partial charge in [0, 0.05) is 32.7 Å². The average molecular weight is 441 g/mol. The van der Waals surface area contributed by atoms with E-state index in [9.17, 15) is 9.59 Å². The van der Waals surface area contributed by atoms with Crippen molar-refractivity contribution in [3.63, 3.8) is 0 Å². The van der Waals surface area contributed by atoms with Gasteiger partial charge >= 0.3 is 11.8 Å². The average Bonchev–Trinajstić information content (AvgIpc) is 2.80. The molecule has 1 fully saturated rings. The van der Waals surface area contributed by atoms with Crippen molar-refractivity contribution < 1.29 is 19.1 Å². The number of hydrogen-bond donors (Lipinski definition) is 2. The molecular weight excluding hydrogens is 408 g/mol. The third-order valence-electron chi connectivity index (χ3n) is 5.74. The van der Waals surface area contributed by atoms with Crippen LogP contribution in [0, 0.1) is 6.92 Å². The van der Waals surface area contributed by atoms with Crippen LogP contribution in [0.15, 0.2) is 42.5 Å². The number of likely N-dealkylation sites (N-methyl/N-ethyl adjacent to an activating group) is 1. The molecule has 1 saturated heterocycles. The molecule has 8 heteroatoms. The van der Waals surface area contributed by atoms with Gasteiger partial charge in [0.05, 0.1) is 25.9 Å². The number of nitrogens with zero attached hydrogens (tertiary/aromatic N) is 2. The third kappa shape index (κ3) is 5.99. The van der Waals surface area contributed by atoms with Crippen LogP contribution < -0.4 is 20.1 Å². The molecule has 3 rings (SSSR count). The van der Waals surface area contributed by atoms with Crippen LogP contribution in [0.5, 0.6) is 11.5 Å². The molecule has 1 atom stereocenters. The number of methoxy groups -OCH3 is 2. The van der Waals surface area contributed by atoms with E-state index in [4.69, 9.17) is 9.47 Å². The molecule has 0 aliphatic carbocycles. The fourth-order valence-electron chi connectivity index (χ4n) is 3.79. The van der Waals surface area contributed by atoms with E-state index < -0.39 is 11.8 Å². The van der Waals surface area contributed by atoms with Crippen molar-refractivity contribution >= 4 is 17.5 Å². The Kier molecular flexibility index (Phi) is 8.08. The second-order valence-electron chi connectivity index (χ2n) is 8.00. The molecule has 1 heterocycles. The number of carbonyl (C=O) groups excluding carboxylic acids is 2. The maximum atomic E-state index is 12.6. The number of rotatable bonds is 7. The van der Waals surface area contributed by atoms with E-state index in [0.717, 1.165) is 43.1 Å². The number of ether oxygens (including phenoxy) is 2. The number of benzene rings is 2. The summed E-state index contributed by atoms with van der Waals surface area (Å²) >= 11 is 0. The monoisotopic (exact) mass is 440 g/mol. The standard InChI is InChI=1S/C24H32N4O4/c1-17-5-10-22(32-4)20(15-17)26-24(30)23(29)25-16-21(28-13-11-27(2)12-14-28)18-6-8-19(31-3)9-7-18/h5-10,15,21H,11-14,16H2,1-4H3,(H,25,29)(H,26,30). The molecule has 2 aromatic carbocycles. The molecule has 2 aromatic rings. The summed E-state index contributed by atoms with van der Waals surface area (Å²) in [6, 6.07) is 13.2. The molecule has 2 amide bonds. The minimum atomic E-state index is -0.722. The Balaban J connectivity index is 1.68. The zero-order valence-electron chi connectivity index (χ0n) is 19.2. The van der Waals surface area contributed by atoms with Crippen LogP contribution in [-0.4, -0.2) is 75.6 Å². The lowest BCUT2D eigenvalue weighted by molar-refractivity contribution is -0.136. The lowest BCUT2D eigenvalue weighted by atomic mass is 10.0. The number of nitrogens with one attached hydrogen (secondary N) is 2. The number of piperazine rings is 1. The normalized spacial score (nSPS) is 15.6. The number of hydrogen-bond acceptors (Lipinski definition) is 6. The molecule has 0 spiro atoms. The van der Waals surface area contributed by atoms with Gasteiger partial charge in [-0.15, -0.1) is 0 Å². The van der Waals surface area contributed by atoms with Gasteiger partial charge in [-0.25, -0.2) is 0 Å². The molecule has 2 N–H and O–H groups in total. The van der Waals surface area contributed by atoms with Gasteiger partial charge in [0.25, 0.3) is 0 Å². The third-order valence-corrected chi connectivity index (χ3v) is 5.74. The van der Waals surface area contributed by atoms with Crippen LogP contribution in [-0.2, 0) is 9.59 Å². The molecule has 172 valence electrons. The van der Waals surface area contributed by atoms with Gasteiger partial charge in [-0.05, 0) is 49.4 Å². The topological polar surface area (TPSA) is 83.1 Å². The summed E-state index contributed by atoms with van der Waals surface area (Å²) in [4.78, 5) is 29.7. The van der Waals surface area contributed by atoms with Crippen molar-refractivity contribution in [1.29, 1.82) is 0 Å². The molecule has 32 heavy (non-hydrogen) atoms. The van der Waals surface area contributed by atoms with Gasteiger partial charge in [0.2, 0.25) is 0 Å². The molecule has 0 saturated carbocycles. The molecular formula is C24H32N4O4. The van der Waals surface area contributed by atoms with Gasteiger partial charge in [0.15, 0.2) is 0 Å². The maximum absolute atomic E-state index is 12.6. The summed E-state index contributed by atoms with van der Waals surface area (Å²) in [7, 11) is 5.26. The molecule has 0 aromatic heterocycles. The van der Waals surface area contributed by atoms with Gasteiger partial charge in [-0.3, -0.25) is 14.5 Å². The van der Waals surface area contributed by atoms with Crippen LogP contribution >= 0.6 is 0 Å². The minimum Gasteiger partial charge on any atom is -0.497 e. The highest BCUT2D eigenvalue weighted by molar-refractivity contribution is 6.39.